The standard InChI is InChI=1S/C16H25NO/c1-6-7-11-16(13(18)14(2,3)4)15(5)10-8-9-12-17(15)16/h6-7,11H,1,8-10,12H2,2-5H3/b11-7+. The summed E-state index contributed by atoms with van der Waals surface area (Å²) in [6.07, 6.45) is 9.35. The molecule has 2 nitrogen and oxygen atoms in total. The molecule has 3 atom stereocenters. The first-order valence-electron chi connectivity index (χ1n) is 6.93. The van der Waals surface area contributed by atoms with Gasteiger partial charge in [0, 0.05) is 17.5 Å². The van der Waals surface area contributed by atoms with Gasteiger partial charge in [0.2, 0.25) is 0 Å². The molecule has 0 N–H and O–H groups in total. The second-order valence-electron chi connectivity index (χ2n) is 6.82. The summed E-state index contributed by atoms with van der Waals surface area (Å²) in [6.45, 7) is 13.1. The fourth-order valence-corrected chi connectivity index (χ4v) is 3.60. The van der Waals surface area contributed by atoms with Crippen LogP contribution in [0.4, 0.5) is 0 Å². The third-order valence-corrected chi connectivity index (χ3v) is 4.59. The minimum Gasteiger partial charge on any atom is -0.297 e. The summed E-state index contributed by atoms with van der Waals surface area (Å²) in [7, 11) is 0. The molecule has 0 bridgehead atoms. The highest BCUT2D eigenvalue weighted by molar-refractivity contribution is 6.00. The van der Waals surface area contributed by atoms with E-state index in [-0.39, 0.29) is 16.5 Å². The van der Waals surface area contributed by atoms with Gasteiger partial charge in [-0.05, 0) is 19.8 Å². The van der Waals surface area contributed by atoms with Gasteiger partial charge in [-0.15, -0.1) is 0 Å². The lowest BCUT2D eigenvalue weighted by molar-refractivity contribution is -0.128. The maximum atomic E-state index is 12.9. The Kier molecular flexibility index (Phi) is 3.05. The molecule has 3 unspecified atom stereocenters. The topological polar surface area (TPSA) is 20.1 Å². The van der Waals surface area contributed by atoms with E-state index in [1.54, 1.807) is 6.08 Å². The molecule has 2 heterocycles. The lowest BCUT2D eigenvalue weighted by Crippen LogP contribution is -2.39. The molecular weight excluding hydrogens is 222 g/mol. The van der Waals surface area contributed by atoms with Crippen LogP contribution in [0.5, 0.6) is 0 Å². The van der Waals surface area contributed by atoms with Gasteiger partial charge in [0.1, 0.15) is 5.54 Å². The fraction of sp³-hybridized carbons (Fsp3) is 0.688. The molecule has 100 valence electrons. The van der Waals surface area contributed by atoms with Crippen molar-refractivity contribution >= 4 is 5.78 Å². The number of allylic oxidation sites excluding steroid dienone is 2. The Morgan fingerprint density at radius 1 is 1.33 bits per heavy atom. The first-order valence-corrected chi connectivity index (χ1v) is 6.93. The first-order chi connectivity index (χ1) is 8.30. The number of piperidine rings is 1. The molecule has 2 aliphatic rings. The maximum Gasteiger partial charge on any atom is 0.164 e. The number of carbonyl (C=O) groups is 1. The van der Waals surface area contributed by atoms with Crippen LogP contribution in [0.1, 0.15) is 47.0 Å². The number of hydrogen-bond acceptors (Lipinski definition) is 2. The van der Waals surface area contributed by atoms with Gasteiger partial charge in [0.05, 0.1) is 0 Å². The van der Waals surface area contributed by atoms with E-state index in [0.717, 1.165) is 13.0 Å². The summed E-state index contributed by atoms with van der Waals surface area (Å²) >= 11 is 0. The van der Waals surface area contributed by atoms with E-state index in [4.69, 9.17) is 0 Å². The Hall–Kier alpha value is -0.890. The van der Waals surface area contributed by atoms with Crippen LogP contribution in [0.25, 0.3) is 0 Å². The number of nitrogens with zero attached hydrogens (tertiary/aromatic N) is 1. The Morgan fingerprint density at radius 3 is 2.44 bits per heavy atom. The quantitative estimate of drug-likeness (QED) is 0.563. The van der Waals surface area contributed by atoms with Gasteiger partial charge in [0.15, 0.2) is 5.78 Å². The minimum atomic E-state index is -0.379. The molecular formula is C16H25NO. The molecule has 0 spiro atoms. The van der Waals surface area contributed by atoms with E-state index in [9.17, 15) is 4.79 Å². The molecule has 0 radical (unpaired) electrons. The molecule has 0 aliphatic carbocycles. The Bertz CT molecular complexity index is 404. The smallest absolute Gasteiger partial charge is 0.164 e. The monoisotopic (exact) mass is 247 g/mol. The molecule has 0 aromatic rings. The molecule has 0 aromatic heterocycles. The van der Waals surface area contributed by atoms with Crippen LogP contribution in [-0.2, 0) is 4.79 Å². The van der Waals surface area contributed by atoms with E-state index in [1.807, 2.05) is 26.8 Å². The van der Waals surface area contributed by atoms with Gasteiger partial charge in [0.25, 0.3) is 0 Å². The second-order valence-corrected chi connectivity index (χ2v) is 6.82. The van der Waals surface area contributed by atoms with Crippen LogP contribution in [-0.4, -0.2) is 28.3 Å². The molecule has 2 aliphatic heterocycles. The molecule has 2 fully saturated rings. The lowest BCUT2D eigenvalue weighted by atomic mass is 9.76. The molecule has 0 amide bonds. The largest absolute Gasteiger partial charge is 0.297 e. The first kappa shape index (κ1) is 13.5. The summed E-state index contributed by atoms with van der Waals surface area (Å²) in [6, 6.07) is 0. The van der Waals surface area contributed by atoms with Crippen molar-refractivity contribution in [3.63, 3.8) is 0 Å². The highest BCUT2D eigenvalue weighted by Gasteiger charge is 2.75. The number of ketones is 1. The zero-order valence-electron chi connectivity index (χ0n) is 12.1. The van der Waals surface area contributed by atoms with E-state index in [1.165, 1.54) is 12.8 Å². The van der Waals surface area contributed by atoms with Crippen molar-refractivity contribution in [2.75, 3.05) is 6.54 Å². The van der Waals surface area contributed by atoms with E-state index < -0.39 is 0 Å². The minimum absolute atomic E-state index is 0.0368. The van der Waals surface area contributed by atoms with E-state index in [2.05, 4.69) is 24.5 Å². The molecule has 0 aromatic carbocycles. The maximum absolute atomic E-state index is 12.9. The third-order valence-electron chi connectivity index (χ3n) is 4.59. The van der Waals surface area contributed by atoms with Crippen LogP contribution in [0.15, 0.2) is 24.8 Å². The number of rotatable bonds is 3. The van der Waals surface area contributed by atoms with Crippen molar-refractivity contribution in [1.82, 2.24) is 4.90 Å². The predicted molar refractivity (Wildman–Crippen MR) is 75.5 cm³/mol. The predicted octanol–water partition coefficient (Wildman–Crippen LogP) is 3.34. The van der Waals surface area contributed by atoms with Crippen molar-refractivity contribution in [1.29, 1.82) is 0 Å². The second kappa shape index (κ2) is 4.06. The van der Waals surface area contributed by atoms with E-state index >= 15 is 0 Å². The van der Waals surface area contributed by atoms with Crippen LogP contribution in [0.2, 0.25) is 0 Å². The molecule has 18 heavy (non-hydrogen) atoms. The van der Waals surface area contributed by atoms with Gasteiger partial charge >= 0.3 is 0 Å². The average molecular weight is 247 g/mol. The number of fused-ring (bicyclic) bond motifs is 1. The van der Waals surface area contributed by atoms with Crippen LogP contribution < -0.4 is 0 Å². The SMILES string of the molecule is C=C/C=C/C1(C(=O)C(C)(C)C)N2CCCCC21C. The van der Waals surface area contributed by atoms with Crippen molar-refractivity contribution in [3.05, 3.63) is 24.8 Å². The van der Waals surface area contributed by atoms with Crippen molar-refractivity contribution in [2.24, 2.45) is 5.41 Å². The van der Waals surface area contributed by atoms with Crippen molar-refractivity contribution < 1.29 is 4.79 Å². The highest BCUT2D eigenvalue weighted by atomic mass is 16.1. The number of hydrogen-bond donors (Lipinski definition) is 0. The molecule has 2 heteroatoms. The summed E-state index contributed by atoms with van der Waals surface area (Å²) < 4.78 is 0. The Balaban J connectivity index is 2.41. The van der Waals surface area contributed by atoms with E-state index in [0.29, 0.717) is 5.78 Å². The Morgan fingerprint density at radius 2 is 2.00 bits per heavy atom. The summed E-state index contributed by atoms with van der Waals surface area (Å²) in [5.74, 6) is 0.345. The molecule has 0 saturated carbocycles. The summed E-state index contributed by atoms with van der Waals surface area (Å²) in [5, 5.41) is 0. The average Bonchev–Trinajstić information content (AvgIpc) is 2.84. The van der Waals surface area contributed by atoms with Gasteiger partial charge in [-0.25, -0.2) is 0 Å². The van der Waals surface area contributed by atoms with Crippen LogP contribution in [0, 0.1) is 5.41 Å². The highest BCUT2D eigenvalue weighted by Crippen LogP contribution is 2.60. The molecule has 2 rings (SSSR count). The zero-order valence-corrected chi connectivity index (χ0v) is 12.1. The normalized spacial score (nSPS) is 39.4. The van der Waals surface area contributed by atoms with Gasteiger partial charge in [-0.2, -0.15) is 0 Å². The lowest BCUT2D eigenvalue weighted by Gasteiger charge is -2.24. The number of Topliss-reactive ketones (excluding diaryl/α,β-unsaturated/α-hetero) is 1. The summed E-state index contributed by atoms with van der Waals surface area (Å²) in [4.78, 5) is 15.3. The summed E-state index contributed by atoms with van der Waals surface area (Å²) in [5.41, 5.74) is -0.642. The zero-order chi connectivity index (χ0) is 13.6. The molecule has 2 saturated heterocycles. The third kappa shape index (κ3) is 1.62. The van der Waals surface area contributed by atoms with Crippen LogP contribution in [0.3, 0.4) is 0 Å². The number of carbonyl (C=O) groups excluding carboxylic acids is 1. The van der Waals surface area contributed by atoms with Crippen LogP contribution >= 0.6 is 0 Å². The van der Waals surface area contributed by atoms with Gasteiger partial charge in [-0.3, -0.25) is 9.69 Å². The van der Waals surface area contributed by atoms with Gasteiger partial charge in [-0.1, -0.05) is 52.0 Å². The van der Waals surface area contributed by atoms with Crippen molar-refractivity contribution in [3.8, 4) is 0 Å². The van der Waals surface area contributed by atoms with Gasteiger partial charge < -0.3 is 0 Å². The Labute approximate surface area is 111 Å². The van der Waals surface area contributed by atoms with Crippen molar-refractivity contribution in [2.45, 2.75) is 58.0 Å². The fourth-order valence-electron chi connectivity index (χ4n) is 3.60.